The Morgan fingerprint density at radius 3 is 2.76 bits per heavy atom. The van der Waals surface area contributed by atoms with Crippen LogP contribution in [0.3, 0.4) is 0 Å². The fraction of sp³-hybridized carbons (Fsp3) is 0.438. The molecule has 1 heterocycles. The highest BCUT2D eigenvalue weighted by atomic mass is 32.2. The molecule has 0 saturated heterocycles. The average molecular weight is 298 g/mol. The van der Waals surface area contributed by atoms with E-state index in [1.54, 1.807) is 11.8 Å². The minimum Gasteiger partial charge on any atom is -0.301 e. The van der Waals surface area contributed by atoms with Gasteiger partial charge in [0, 0.05) is 11.7 Å². The molecular formula is C16H18N4S. The van der Waals surface area contributed by atoms with E-state index < -0.39 is 0 Å². The third-order valence-electron chi connectivity index (χ3n) is 3.55. The van der Waals surface area contributed by atoms with Gasteiger partial charge in [-0.15, -0.1) is 10.2 Å². The van der Waals surface area contributed by atoms with Gasteiger partial charge in [-0.25, -0.2) is 0 Å². The van der Waals surface area contributed by atoms with Crippen LogP contribution >= 0.6 is 11.8 Å². The first kappa shape index (κ1) is 14.2. The van der Waals surface area contributed by atoms with Crippen LogP contribution in [0.25, 0.3) is 0 Å². The SMILES string of the molecule is C[C@@H](C#N)CSc1nnc(C2CC2)n1Cc1ccccc1. The van der Waals surface area contributed by atoms with Gasteiger partial charge in [0.15, 0.2) is 5.16 Å². The minimum atomic E-state index is 0.0289. The molecule has 5 heteroatoms. The van der Waals surface area contributed by atoms with Gasteiger partial charge in [-0.05, 0) is 25.3 Å². The van der Waals surface area contributed by atoms with Crippen molar-refractivity contribution < 1.29 is 0 Å². The van der Waals surface area contributed by atoms with Gasteiger partial charge in [0.25, 0.3) is 0 Å². The first-order chi connectivity index (χ1) is 10.3. The summed E-state index contributed by atoms with van der Waals surface area (Å²) < 4.78 is 2.22. The molecule has 1 aliphatic rings. The molecule has 0 N–H and O–H groups in total. The fourth-order valence-corrected chi connectivity index (χ4v) is 3.09. The van der Waals surface area contributed by atoms with Crippen LogP contribution in [0.5, 0.6) is 0 Å². The molecule has 0 spiro atoms. The Hall–Kier alpha value is -1.80. The lowest BCUT2D eigenvalue weighted by molar-refractivity contribution is 0.666. The molecule has 1 aromatic heterocycles. The zero-order valence-electron chi connectivity index (χ0n) is 12.1. The van der Waals surface area contributed by atoms with Gasteiger partial charge in [0.05, 0.1) is 18.5 Å². The number of thioether (sulfide) groups is 1. The Morgan fingerprint density at radius 1 is 1.33 bits per heavy atom. The molecule has 1 atom stereocenters. The summed E-state index contributed by atoms with van der Waals surface area (Å²) in [6.07, 6.45) is 2.43. The molecule has 3 rings (SSSR count). The second kappa shape index (κ2) is 6.31. The molecule has 0 unspecified atom stereocenters. The molecule has 21 heavy (non-hydrogen) atoms. The number of benzene rings is 1. The van der Waals surface area contributed by atoms with Gasteiger partial charge in [-0.3, -0.25) is 0 Å². The van der Waals surface area contributed by atoms with E-state index in [4.69, 9.17) is 5.26 Å². The summed E-state index contributed by atoms with van der Waals surface area (Å²) >= 11 is 1.63. The lowest BCUT2D eigenvalue weighted by atomic mass is 10.2. The second-order valence-corrected chi connectivity index (χ2v) is 6.52. The smallest absolute Gasteiger partial charge is 0.191 e. The third kappa shape index (κ3) is 3.45. The van der Waals surface area contributed by atoms with E-state index in [1.165, 1.54) is 18.4 Å². The monoisotopic (exact) mass is 298 g/mol. The third-order valence-corrected chi connectivity index (χ3v) is 4.78. The van der Waals surface area contributed by atoms with E-state index >= 15 is 0 Å². The molecule has 0 radical (unpaired) electrons. The zero-order valence-corrected chi connectivity index (χ0v) is 12.9. The molecule has 108 valence electrons. The lowest BCUT2D eigenvalue weighted by Crippen LogP contribution is -2.06. The van der Waals surface area contributed by atoms with Crippen LogP contribution in [0.2, 0.25) is 0 Å². The first-order valence-corrected chi connectivity index (χ1v) is 8.26. The summed E-state index contributed by atoms with van der Waals surface area (Å²) in [5.74, 6) is 2.46. The van der Waals surface area contributed by atoms with Crippen LogP contribution in [-0.2, 0) is 6.54 Å². The van der Waals surface area contributed by atoms with Crippen LogP contribution in [0, 0.1) is 17.2 Å². The summed E-state index contributed by atoms with van der Waals surface area (Å²) in [5, 5.41) is 18.6. The highest BCUT2D eigenvalue weighted by molar-refractivity contribution is 7.99. The number of nitriles is 1. The maximum Gasteiger partial charge on any atom is 0.191 e. The van der Waals surface area contributed by atoms with Crippen molar-refractivity contribution in [1.29, 1.82) is 5.26 Å². The number of hydrogen-bond donors (Lipinski definition) is 0. The first-order valence-electron chi connectivity index (χ1n) is 7.27. The van der Waals surface area contributed by atoms with Crippen LogP contribution in [0.1, 0.15) is 37.1 Å². The van der Waals surface area contributed by atoms with Crippen molar-refractivity contribution >= 4 is 11.8 Å². The molecular weight excluding hydrogens is 280 g/mol. The number of nitrogens with zero attached hydrogens (tertiary/aromatic N) is 4. The van der Waals surface area contributed by atoms with E-state index in [0.717, 1.165) is 23.3 Å². The Bertz CT molecular complexity index is 640. The molecule has 0 bridgehead atoms. The van der Waals surface area contributed by atoms with E-state index in [-0.39, 0.29) is 5.92 Å². The predicted molar refractivity (Wildman–Crippen MR) is 83.0 cm³/mol. The molecule has 0 amide bonds. The largest absolute Gasteiger partial charge is 0.301 e. The number of hydrogen-bond acceptors (Lipinski definition) is 4. The Morgan fingerprint density at radius 2 is 2.10 bits per heavy atom. The highest BCUT2D eigenvalue weighted by Gasteiger charge is 2.30. The summed E-state index contributed by atoms with van der Waals surface area (Å²) in [7, 11) is 0. The maximum absolute atomic E-state index is 8.91. The van der Waals surface area contributed by atoms with Crippen molar-refractivity contribution in [3.8, 4) is 6.07 Å². The van der Waals surface area contributed by atoms with Gasteiger partial charge in [-0.1, -0.05) is 42.1 Å². The second-order valence-electron chi connectivity index (χ2n) is 5.53. The summed E-state index contributed by atoms with van der Waals surface area (Å²) in [6.45, 7) is 2.75. The van der Waals surface area contributed by atoms with E-state index in [9.17, 15) is 0 Å². The standard InChI is InChI=1S/C16H18N4S/c1-12(9-17)11-21-16-19-18-15(14-7-8-14)20(16)10-13-5-3-2-4-6-13/h2-6,12,14H,7-8,10-11H2,1H3/t12-/m0/s1. The molecule has 1 aliphatic carbocycles. The van der Waals surface area contributed by atoms with E-state index in [0.29, 0.717) is 5.92 Å². The van der Waals surface area contributed by atoms with Crippen LogP contribution in [0.15, 0.2) is 35.5 Å². The zero-order chi connectivity index (χ0) is 14.7. The molecule has 4 nitrogen and oxygen atoms in total. The normalized spacial score (nSPS) is 15.6. The van der Waals surface area contributed by atoms with Gasteiger partial charge < -0.3 is 4.57 Å². The quantitative estimate of drug-likeness (QED) is 0.766. The number of aromatic nitrogens is 3. The van der Waals surface area contributed by atoms with Crippen LogP contribution in [0.4, 0.5) is 0 Å². The predicted octanol–water partition coefficient (Wildman–Crippen LogP) is 3.46. The molecule has 2 aromatic rings. The maximum atomic E-state index is 8.91. The van der Waals surface area contributed by atoms with Gasteiger partial charge in [0.1, 0.15) is 5.82 Å². The van der Waals surface area contributed by atoms with E-state index in [1.807, 2.05) is 13.0 Å². The Labute approximate surface area is 129 Å². The summed E-state index contributed by atoms with van der Waals surface area (Å²) in [5.41, 5.74) is 1.26. The topological polar surface area (TPSA) is 54.5 Å². The Balaban J connectivity index is 1.81. The van der Waals surface area contributed by atoms with Crippen molar-refractivity contribution in [3.63, 3.8) is 0 Å². The van der Waals surface area contributed by atoms with Crippen LogP contribution < -0.4 is 0 Å². The van der Waals surface area contributed by atoms with Crippen LogP contribution in [-0.4, -0.2) is 20.5 Å². The molecule has 0 aliphatic heterocycles. The van der Waals surface area contributed by atoms with Crippen molar-refractivity contribution in [3.05, 3.63) is 41.7 Å². The van der Waals surface area contributed by atoms with Crippen molar-refractivity contribution in [2.75, 3.05) is 5.75 Å². The Kier molecular flexibility index (Phi) is 4.26. The van der Waals surface area contributed by atoms with Gasteiger partial charge in [0.2, 0.25) is 0 Å². The molecule has 1 saturated carbocycles. The fourth-order valence-electron chi connectivity index (χ4n) is 2.20. The highest BCUT2D eigenvalue weighted by Crippen LogP contribution is 2.40. The summed E-state index contributed by atoms with van der Waals surface area (Å²) in [4.78, 5) is 0. The van der Waals surface area contributed by atoms with E-state index in [2.05, 4.69) is 45.1 Å². The molecule has 1 fully saturated rings. The van der Waals surface area contributed by atoms with Gasteiger partial charge >= 0.3 is 0 Å². The van der Waals surface area contributed by atoms with Crippen molar-refractivity contribution in [2.24, 2.45) is 5.92 Å². The molecule has 1 aromatic carbocycles. The number of rotatable bonds is 6. The summed E-state index contributed by atoms with van der Waals surface area (Å²) in [6, 6.07) is 12.7. The van der Waals surface area contributed by atoms with Gasteiger partial charge in [-0.2, -0.15) is 5.26 Å². The average Bonchev–Trinajstić information content (AvgIpc) is 3.29. The van der Waals surface area contributed by atoms with Crippen molar-refractivity contribution in [2.45, 2.75) is 37.4 Å². The lowest BCUT2D eigenvalue weighted by Gasteiger charge is -2.10. The minimum absolute atomic E-state index is 0.0289. The van der Waals surface area contributed by atoms with Crippen molar-refractivity contribution in [1.82, 2.24) is 14.8 Å².